The smallest absolute Gasteiger partial charge is 0.234 e. The fourth-order valence-corrected chi connectivity index (χ4v) is 1.83. The van der Waals surface area contributed by atoms with Crippen LogP contribution in [0.3, 0.4) is 0 Å². The SMILES string of the molecule is CSCCCCCNCC(=O)NC(C)(C)C. The molecule has 0 saturated heterocycles. The Bertz CT molecular complexity index is 190. The van der Waals surface area contributed by atoms with E-state index in [9.17, 15) is 4.79 Å². The summed E-state index contributed by atoms with van der Waals surface area (Å²) in [6.07, 6.45) is 5.81. The number of carbonyl (C=O) groups excluding carboxylic acids is 1. The van der Waals surface area contributed by atoms with Crippen molar-refractivity contribution in [1.29, 1.82) is 0 Å². The minimum Gasteiger partial charge on any atom is -0.350 e. The average molecular weight is 246 g/mol. The number of amides is 1. The summed E-state index contributed by atoms with van der Waals surface area (Å²) >= 11 is 1.89. The predicted octanol–water partition coefficient (Wildman–Crippen LogP) is 2.02. The lowest BCUT2D eigenvalue weighted by molar-refractivity contribution is -0.121. The van der Waals surface area contributed by atoms with E-state index in [0.717, 1.165) is 13.0 Å². The number of rotatable bonds is 8. The maximum absolute atomic E-state index is 11.4. The molecule has 0 fully saturated rings. The predicted molar refractivity (Wildman–Crippen MR) is 73.0 cm³/mol. The quantitative estimate of drug-likeness (QED) is 0.644. The fraction of sp³-hybridized carbons (Fsp3) is 0.917. The van der Waals surface area contributed by atoms with Crippen molar-refractivity contribution in [2.24, 2.45) is 0 Å². The van der Waals surface area contributed by atoms with Gasteiger partial charge in [0.25, 0.3) is 0 Å². The molecular formula is C12H26N2OS. The molecule has 0 bridgehead atoms. The highest BCUT2D eigenvalue weighted by atomic mass is 32.2. The van der Waals surface area contributed by atoms with Gasteiger partial charge in [0.15, 0.2) is 0 Å². The average Bonchev–Trinajstić information content (AvgIpc) is 2.13. The first-order chi connectivity index (χ1) is 7.45. The van der Waals surface area contributed by atoms with Gasteiger partial charge < -0.3 is 10.6 Å². The third-order valence-corrected chi connectivity index (χ3v) is 2.70. The second-order valence-electron chi connectivity index (χ2n) is 5.03. The van der Waals surface area contributed by atoms with Crippen molar-refractivity contribution in [3.05, 3.63) is 0 Å². The molecule has 0 unspecified atom stereocenters. The maximum atomic E-state index is 11.4. The highest BCUT2D eigenvalue weighted by Crippen LogP contribution is 2.01. The van der Waals surface area contributed by atoms with Gasteiger partial charge >= 0.3 is 0 Å². The molecule has 0 aliphatic carbocycles. The maximum Gasteiger partial charge on any atom is 0.234 e. The summed E-state index contributed by atoms with van der Waals surface area (Å²) in [5.74, 6) is 1.32. The van der Waals surface area contributed by atoms with Crippen molar-refractivity contribution in [1.82, 2.24) is 10.6 Å². The van der Waals surface area contributed by atoms with Crippen LogP contribution in [-0.2, 0) is 4.79 Å². The molecular weight excluding hydrogens is 220 g/mol. The number of carbonyl (C=O) groups is 1. The zero-order valence-electron chi connectivity index (χ0n) is 11.1. The van der Waals surface area contributed by atoms with Gasteiger partial charge in [0.05, 0.1) is 6.54 Å². The van der Waals surface area contributed by atoms with Crippen LogP contribution in [0.25, 0.3) is 0 Å². The van der Waals surface area contributed by atoms with Crippen LogP contribution in [0.15, 0.2) is 0 Å². The van der Waals surface area contributed by atoms with Gasteiger partial charge in [-0.3, -0.25) is 4.79 Å². The van der Waals surface area contributed by atoms with Gasteiger partial charge in [-0.2, -0.15) is 11.8 Å². The second-order valence-corrected chi connectivity index (χ2v) is 6.01. The first-order valence-corrected chi connectivity index (χ1v) is 7.36. The summed E-state index contributed by atoms with van der Waals surface area (Å²) in [7, 11) is 0. The van der Waals surface area contributed by atoms with Crippen molar-refractivity contribution in [3.8, 4) is 0 Å². The summed E-state index contributed by atoms with van der Waals surface area (Å²) in [6, 6.07) is 0. The lowest BCUT2D eigenvalue weighted by Gasteiger charge is -2.20. The molecule has 0 spiro atoms. The third-order valence-electron chi connectivity index (χ3n) is 2.00. The lowest BCUT2D eigenvalue weighted by atomic mass is 10.1. The first-order valence-electron chi connectivity index (χ1n) is 5.96. The van der Waals surface area contributed by atoms with Crippen LogP contribution in [0.5, 0.6) is 0 Å². The zero-order valence-corrected chi connectivity index (χ0v) is 11.9. The molecule has 0 aromatic carbocycles. The van der Waals surface area contributed by atoms with Crippen molar-refractivity contribution in [2.75, 3.05) is 25.1 Å². The molecule has 0 radical (unpaired) electrons. The van der Waals surface area contributed by atoms with E-state index in [1.54, 1.807) is 0 Å². The summed E-state index contributed by atoms with van der Waals surface area (Å²) in [6.45, 7) is 7.35. The molecule has 0 atom stereocenters. The van der Waals surface area contributed by atoms with Crippen LogP contribution in [0.1, 0.15) is 40.0 Å². The second kappa shape index (κ2) is 8.88. The molecule has 96 valence electrons. The molecule has 2 N–H and O–H groups in total. The number of unbranched alkanes of at least 4 members (excludes halogenated alkanes) is 2. The Morgan fingerprint density at radius 2 is 1.88 bits per heavy atom. The molecule has 0 saturated carbocycles. The minimum absolute atomic E-state index is 0.0802. The van der Waals surface area contributed by atoms with Gasteiger partial charge in [-0.15, -0.1) is 0 Å². The standard InChI is InChI=1S/C12H26N2OS/c1-12(2,3)14-11(15)10-13-8-6-5-7-9-16-4/h13H,5-10H2,1-4H3,(H,14,15). The van der Waals surface area contributed by atoms with Crippen LogP contribution >= 0.6 is 11.8 Å². The van der Waals surface area contributed by atoms with Gasteiger partial charge in [0.2, 0.25) is 5.91 Å². The summed E-state index contributed by atoms with van der Waals surface area (Å²) in [4.78, 5) is 11.4. The van der Waals surface area contributed by atoms with Crippen LogP contribution in [0, 0.1) is 0 Å². The van der Waals surface area contributed by atoms with E-state index in [1.807, 2.05) is 32.5 Å². The van der Waals surface area contributed by atoms with Gasteiger partial charge in [0, 0.05) is 5.54 Å². The third kappa shape index (κ3) is 11.9. The highest BCUT2D eigenvalue weighted by molar-refractivity contribution is 7.98. The lowest BCUT2D eigenvalue weighted by Crippen LogP contribution is -2.44. The molecule has 0 aromatic rings. The topological polar surface area (TPSA) is 41.1 Å². The van der Waals surface area contributed by atoms with E-state index in [2.05, 4.69) is 16.9 Å². The van der Waals surface area contributed by atoms with E-state index < -0.39 is 0 Å². The van der Waals surface area contributed by atoms with Crippen LogP contribution in [0.2, 0.25) is 0 Å². The Morgan fingerprint density at radius 3 is 2.44 bits per heavy atom. The molecule has 0 aliphatic heterocycles. The molecule has 16 heavy (non-hydrogen) atoms. The van der Waals surface area contributed by atoms with Crippen LogP contribution in [-0.4, -0.2) is 36.5 Å². The van der Waals surface area contributed by atoms with E-state index in [4.69, 9.17) is 0 Å². The van der Waals surface area contributed by atoms with Crippen molar-refractivity contribution in [3.63, 3.8) is 0 Å². The van der Waals surface area contributed by atoms with Crippen LogP contribution < -0.4 is 10.6 Å². The molecule has 0 rings (SSSR count). The van der Waals surface area contributed by atoms with Gasteiger partial charge in [0.1, 0.15) is 0 Å². The van der Waals surface area contributed by atoms with Crippen molar-refractivity contribution >= 4 is 17.7 Å². The zero-order chi connectivity index (χ0) is 12.4. The van der Waals surface area contributed by atoms with Crippen molar-refractivity contribution in [2.45, 2.75) is 45.6 Å². The van der Waals surface area contributed by atoms with Gasteiger partial charge in [-0.1, -0.05) is 6.42 Å². The Labute approximate surface area is 104 Å². The first kappa shape index (κ1) is 15.8. The molecule has 1 amide bonds. The van der Waals surface area contributed by atoms with E-state index >= 15 is 0 Å². The number of hydrogen-bond acceptors (Lipinski definition) is 3. The normalized spacial score (nSPS) is 11.5. The number of thioether (sulfide) groups is 1. The highest BCUT2D eigenvalue weighted by Gasteiger charge is 2.12. The van der Waals surface area contributed by atoms with Gasteiger partial charge in [-0.05, 0) is 52.2 Å². The van der Waals surface area contributed by atoms with E-state index in [-0.39, 0.29) is 11.4 Å². The summed E-state index contributed by atoms with van der Waals surface area (Å²) in [5.41, 5.74) is -0.128. The van der Waals surface area contributed by atoms with E-state index in [1.165, 1.54) is 18.6 Å². The minimum atomic E-state index is -0.128. The summed E-state index contributed by atoms with van der Waals surface area (Å²) < 4.78 is 0. The number of hydrogen-bond donors (Lipinski definition) is 2. The van der Waals surface area contributed by atoms with E-state index in [0.29, 0.717) is 6.54 Å². The molecule has 0 aromatic heterocycles. The van der Waals surface area contributed by atoms with Crippen molar-refractivity contribution < 1.29 is 4.79 Å². The number of nitrogens with one attached hydrogen (secondary N) is 2. The fourth-order valence-electron chi connectivity index (χ4n) is 1.34. The molecule has 0 heterocycles. The van der Waals surface area contributed by atoms with Gasteiger partial charge in [-0.25, -0.2) is 0 Å². The molecule has 3 nitrogen and oxygen atoms in total. The summed E-state index contributed by atoms with van der Waals surface area (Å²) in [5, 5.41) is 6.09. The largest absolute Gasteiger partial charge is 0.350 e. The Hall–Kier alpha value is -0.220. The Kier molecular flexibility index (Phi) is 8.76. The van der Waals surface area contributed by atoms with Crippen LogP contribution in [0.4, 0.5) is 0 Å². The molecule has 0 aliphatic rings. The Balaban J connectivity index is 3.28. The Morgan fingerprint density at radius 1 is 1.19 bits per heavy atom. The molecule has 4 heteroatoms. The monoisotopic (exact) mass is 246 g/mol.